The van der Waals surface area contributed by atoms with Crippen LogP contribution in [0.2, 0.25) is 0 Å². The van der Waals surface area contributed by atoms with Gasteiger partial charge in [-0.25, -0.2) is 0 Å². The molecule has 0 saturated heterocycles. The van der Waals surface area contributed by atoms with E-state index < -0.39 is 0 Å². The van der Waals surface area contributed by atoms with Crippen molar-refractivity contribution in [3.05, 3.63) is 65.7 Å². The maximum absolute atomic E-state index is 12.2. The van der Waals surface area contributed by atoms with Crippen LogP contribution in [0, 0.1) is 0 Å². The lowest BCUT2D eigenvalue weighted by Crippen LogP contribution is -2.38. The van der Waals surface area contributed by atoms with Gasteiger partial charge in [-0.1, -0.05) is 48.5 Å². The first-order chi connectivity index (χ1) is 11.7. The highest BCUT2D eigenvalue weighted by Gasteiger charge is 2.28. The van der Waals surface area contributed by atoms with Crippen LogP contribution in [0.3, 0.4) is 0 Å². The fourth-order valence-electron chi connectivity index (χ4n) is 2.98. The van der Waals surface area contributed by atoms with Crippen LogP contribution in [0.25, 0.3) is 0 Å². The van der Waals surface area contributed by atoms with Gasteiger partial charge < -0.3 is 15.0 Å². The predicted molar refractivity (Wildman–Crippen MR) is 95.0 cm³/mol. The lowest BCUT2D eigenvalue weighted by atomic mass is 10.1. The third kappa shape index (κ3) is 4.36. The minimum atomic E-state index is -0.385. The molecular weight excluding hydrogens is 300 g/mol. The number of amides is 1. The molecule has 1 N–H and O–H groups in total. The van der Waals surface area contributed by atoms with Crippen LogP contribution in [-0.4, -0.2) is 37.0 Å². The first-order valence-electron chi connectivity index (χ1n) is 8.47. The highest BCUT2D eigenvalue weighted by atomic mass is 16.5. The smallest absolute Gasteiger partial charge is 0.261 e. The molecular formula is C20H24N2O2. The molecule has 126 valence electrons. The van der Waals surface area contributed by atoms with Gasteiger partial charge in [-0.3, -0.25) is 4.79 Å². The molecule has 3 rings (SSSR count). The second-order valence-electron chi connectivity index (χ2n) is 6.29. The van der Waals surface area contributed by atoms with Crippen molar-refractivity contribution in [2.75, 3.05) is 20.1 Å². The molecule has 2 aromatic carbocycles. The number of nitrogens with one attached hydrogen (secondary N) is 1. The molecule has 0 aromatic heterocycles. The molecule has 1 aliphatic heterocycles. The molecule has 0 aliphatic carbocycles. The van der Waals surface area contributed by atoms with Crippen LogP contribution in [-0.2, 0) is 17.8 Å². The number of benzene rings is 2. The summed E-state index contributed by atoms with van der Waals surface area (Å²) in [5, 5.41) is 2.99. The zero-order chi connectivity index (χ0) is 16.8. The Morgan fingerprint density at radius 3 is 2.71 bits per heavy atom. The van der Waals surface area contributed by atoms with E-state index in [1.165, 1.54) is 5.56 Å². The summed E-state index contributed by atoms with van der Waals surface area (Å²) in [6, 6.07) is 18.3. The second-order valence-corrected chi connectivity index (χ2v) is 6.29. The Labute approximate surface area is 143 Å². The normalized spacial score (nSPS) is 15.8. The number of nitrogens with zero attached hydrogens (tertiary/aromatic N) is 1. The molecule has 1 amide bonds. The Balaban J connectivity index is 1.34. The van der Waals surface area contributed by atoms with Gasteiger partial charge in [0.15, 0.2) is 6.10 Å². The number of fused-ring (bicyclic) bond motifs is 1. The van der Waals surface area contributed by atoms with Crippen LogP contribution < -0.4 is 10.1 Å². The maximum Gasteiger partial charge on any atom is 0.261 e. The van der Waals surface area contributed by atoms with Crippen LogP contribution in [0.5, 0.6) is 5.75 Å². The average molecular weight is 324 g/mol. The average Bonchev–Trinajstić information content (AvgIpc) is 3.04. The van der Waals surface area contributed by atoms with E-state index in [9.17, 15) is 4.79 Å². The molecule has 0 radical (unpaired) electrons. The van der Waals surface area contributed by atoms with Crippen LogP contribution in [0.15, 0.2) is 54.6 Å². The SMILES string of the molecule is CN(CCCNC(=O)C1Cc2ccccc2O1)Cc1ccccc1. The quantitative estimate of drug-likeness (QED) is 0.796. The molecule has 1 unspecified atom stereocenters. The summed E-state index contributed by atoms with van der Waals surface area (Å²) in [5.41, 5.74) is 2.42. The van der Waals surface area contributed by atoms with Crippen LogP contribution >= 0.6 is 0 Å². The van der Waals surface area contributed by atoms with Gasteiger partial charge in [0.25, 0.3) is 5.91 Å². The van der Waals surface area contributed by atoms with Crippen molar-refractivity contribution < 1.29 is 9.53 Å². The van der Waals surface area contributed by atoms with E-state index in [1.54, 1.807) is 0 Å². The van der Waals surface area contributed by atoms with Crippen molar-refractivity contribution in [2.24, 2.45) is 0 Å². The monoisotopic (exact) mass is 324 g/mol. The number of hydrogen-bond donors (Lipinski definition) is 1. The van der Waals surface area contributed by atoms with Crippen molar-refractivity contribution in [2.45, 2.75) is 25.5 Å². The summed E-state index contributed by atoms with van der Waals surface area (Å²) in [6.07, 6.45) is 1.20. The van der Waals surface area contributed by atoms with E-state index in [0.29, 0.717) is 13.0 Å². The Kier molecular flexibility index (Phi) is 5.49. The summed E-state index contributed by atoms with van der Waals surface area (Å²) in [4.78, 5) is 14.5. The number of rotatable bonds is 7. The van der Waals surface area contributed by atoms with E-state index in [-0.39, 0.29) is 12.0 Å². The molecule has 1 atom stereocenters. The van der Waals surface area contributed by atoms with E-state index >= 15 is 0 Å². The van der Waals surface area contributed by atoms with Crippen molar-refractivity contribution in [3.8, 4) is 5.75 Å². The molecule has 4 heteroatoms. The largest absolute Gasteiger partial charge is 0.480 e. The molecule has 2 aromatic rings. The third-order valence-electron chi connectivity index (χ3n) is 4.25. The molecule has 0 bridgehead atoms. The second kappa shape index (κ2) is 7.97. The summed E-state index contributed by atoms with van der Waals surface area (Å²) in [5.74, 6) is 0.817. The fourth-order valence-corrected chi connectivity index (χ4v) is 2.98. The predicted octanol–water partition coefficient (Wildman–Crippen LogP) is 2.63. The van der Waals surface area contributed by atoms with Crippen molar-refractivity contribution in [1.29, 1.82) is 0 Å². The Bertz CT molecular complexity index is 647. The Morgan fingerprint density at radius 1 is 1.17 bits per heavy atom. The maximum atomic E-state index is 12.2. The van der Waals surface area contributed by atoms with Crippen LogP contribution in [0.4, 0.5) is 0 Å². The molecule has 4 nitrogen and oxygen atoms in total. The third-order valence-corrected chi connectivity index (χ3v) is 4.25. The van der Waals surface area contributed by atoms with Gasteiger partial charge in [0.1, 0.15) is 5.75 Å². The lowest BCUT2D eigenvalue weighted by molar-refractivity contribution is -0.127. The first kappa shape index (κ1) is 16.5. The summed E-state index contributed by atoms with van der Waals surface area (Å²) >= 11 is 0. The van der Waals surface area contributed by atoms with Gasteiger partial charge >= 0.3 is 0 Å². The van der Waals surface area contributed by atoms with E-state index in [2.05, 4.69) is 41.5 Å². The number of hydrogen-bond acceptors (Lipinski definition) is 3. The van der Waals surface area contributed by atoms with E-state index in [1.807, 2.05) is 30.3 Å². The zero-order valence-corrected chi connectivity index (χ0v) is 14.1. The fraction of sp³-hybridized carbons (Fsp3) is 0.350. The van der Waals surface area contributed by atoms with Crippen molar-refractivity contribution in [1.82, 2.24) is 10.2 Å². The van der Waals surface area contributed by atoms with Crippen molar-refractivity contribution >= 4 is 5.91 Å². The molecule has 0 saturated carbocycles. The van der Waals surface area contributed by atoms with Gasteiger partial charge in [0, 0.05) is 19.5 Å². The standard InChI is InChI=1S/C20H24N2O2/c1-22(15-16-8-3-2-4-9-16)13-7-12-21-20(23)19-14-17-10-5-6-11-18(17)24-19/h2-6,8-11,19H,7,12-15H2,1H3,(H,21,23). The molecule has 24 heavy (non-hydrogen) atoms. The van der Waals surface area contributed by atoms with E-state index in [4.69, 9.17) is 4.74 Å². The summed E-state index contributed by atoms with van der Waals surface area (Å²) in [7, 11) is 2.10. The van der Waals surface area contributed by atoms with Gasteiger partial charge in [0.05, 0.1) is 0 Å². The number of para-hydroxylation sites is 1. The topological polar surface area (TPSA) is 41.6 Å². The van der Waals surface area contributed by atoms with E-state index in [0.717, 1.165) is 30.8 Å². The van der Waals surface area contributed by atoms with Gasteiger partial charge in [-0.15, -0.1) is 0 Å². The first-order valence-corrected chi connectivity index (χ1v) is 8.47. The highest BCUT2D eigenvalue weighted by Crippen LogP contribution is 2.28. The minimum Gasteiger partial charge on any atom is -0.480 e. The summed E-state index contributed by atoms with van der Waals surface area (Å²) < 4.78 is 5.70. The lowest BCUT2D eigenvalue weighted by Gasteiger charge is -2.17. The Hall–Kier alpha value is -2.33. The molecule has 1 heterocycles. The molecule has 0 fully saturated rings. The zero-order valence-electron chi connectivity index (χ0n) is 14.1. The molecule has 0 spiro atoms. The minimum absolute atomic E-state index is 0.0167. The number of ether oxygens (including phenoxy) is 1. The Morgan fingerprint density at radius 2 is 1.92 bits per heavy atom. The number of carbonyl (C=O) groups is 1. The summed E-state index contributed by atoms with van der Waals surface area (Å²) in [6.45, 7) is 2.55. The van der Waals surface area contributed by atoms with Gasteiger partial charge in [-0.2, -0.15) is 0 Å². The molecule has 1 aliphatic rings. The number of carbonyl (C=O) groups excluding carboxylic acids is 1. The highest BCUT2D eigenvalue weighted by molar-refractivity contribution is 5.82. The van der Waals surface area contributed by atoms with Gasteiger partial charge in [0.2, 0.25) is 0 Å². The van der Waals surface area contributed by atoms with Gasteiger partial charge in [-0.05, 0) is 37.2 Å². The van der Waals surface area contributed by atoms with Crippen LogP contribution in [0.1, 0.15) is 17.5 Å². The van der Waals surface area contributed by atoms with Crippen molar-refractivity contribution in [3.63, 3.8) is 0 Å².